The third-order valence-corrected chi connectivity index (χ3v) is 4.67. The lowest BCUT2D eigenvalue weighted by Gasteiger charge is -2.19. The third kappa shape index (κ3) is 6.48. The number of carbonyl (C=O) groups is 1. The summed E-state index contributed by atoms with van der Waals surface area (Å²) in [4.78, 5) is 12.1. The van der Waals surface area contributed by atoms with Crippen LogP contribution in [0.4, 0.5) is 0 Å². The van der Waals surface area contributed by atoms with E-state index in [1.807, 2.05) is 6.92 Å². The first-order valence-electron chi connectivity index (χ1n) is 6.54. The monoisotopic (exact) mass is 276 g/mol. The van der Waals surface area contributed by atoms with E-state index in [1.165, 1.54) is 0 Å². The molecule has 4 nitrogen and oxygen atoms in total. The fourth-order valence-electron chi connectivity index (χ4n) is 1.75. The molecule has 0 spiro atoms. The smallest absolute Gasteiger partial charge is 0.309 e. The van der Waals surface area contributed by atoms with Crippen molar-refractivity contribution in [1.29, 1.82) is 0 Å². The molecule has 0 fully saturated rings. The first-order valence-corrected chi connectivity index (χ1v) is 8.27. The van der Waals surface area contributed by atoms with Crippen molar-refractivity contribution in [2.75, 3.05) is 19.4 Å². The van der Waals surface area contributed by atoms with E-state index in [1.54, 1.807) is 19.9 Å². The van der Waals surface area contributed by atoms with Gasteiger partial charge in [0, 0.05) is 5.92 Å². The van der Waals surface area contributed by atoms with Gasteiger partial charge >= 0.3 is 7.60 Å². The molecular weight excluding hydrogens is 251 g/mol. The lowest BCUT2D eigenvalue weighted by Crippen LogP contribution is -2.19. The van der Waals surface area contributed by atoms with Crippen LogP contribution in [0.25, 0.3) is 0 Å². The van der Waals surface area contributed by atoms with Gasteiger partial charge in [0.1, 0.15) is 11.9 Å². The Labute approximate surface area is 110 Å². The van der Waals surface area contributed by atoms with Gasteiger partial charge in [-0.1, -0.05) is 13.0 Å². The summed E-state index contributed by atoms with van der Waals surface area (Å²) < 4.78 is 22.5. The van der Waals surface area contributed by atoms with Crippen LogP contribution in [0.15, 0.2) is 12.7 Å². The van der Waals surface area contributed by atoms with Crippen LogP contribution in [-0.4, -0.2) is 25.2 Å². The second-order valence-electron chi connectivity index (χ2n) is 4.04. The quantitative estimate of drug-likeness (QED) is 0.425. The van der Waals surface area contributed by atoms with Crippen molar-refractivity contribution in [2.24, 2.45) is 5.92 Å². The number of allylic oxidation sites excluding steroid dienone is 1. The van der Waals surface area contributed by atoms with Crippen molar-refractivity contribution in [3.63, 3.8) is 0 Å². The molecule has 1 unspecified atom stereocenters. The summed E-state index contributed by atoms with van der Waals surface area (Å²) in [6.07, 6.45) is 3.95. The molecule has 5 heteroatoms. The van der Waals surface area contributed by atoms with Crippen molar-refractivity contribution in [1.82, 2.24) is 0 Å². The maximum atomic E-state index is 12.2. The molecular formula is C13H25O4P. The molecule has 0 aliphatic heterocycles. The standard InChI is InChI=1S/C13H25O4P/c1-5-9-10-12(6-2)13(14)11-18(15,16-7-3)17-8-4/h5,12H,1,6-11H2,2-4H3. The van der Waals surface area contributed by atoms with E-state index >= 15 is 0 Å². The van der Waals surface area contributed by atoms with E-state index in [9.17, 15) is 9.36 Å². The Bertz CT molecular complexity index is 291. The van der Waals surface area contributed by atoms with Gasteiger partial charge in [-0.3, -0.25) is 9.36 Å². The molecule has 0 rings (SSSR count). The summed E-state index contributed by atoms with van der Waals surface area (Å²) in [5.74, 6) is -0.123. The molecule has 0 aromatic heterocycles. The minimum Gasteiger partial charge on any atom is -0.309 e. The Balaban J connectivity index is 4.55. The first kappa shape index (κ1) is 17.6. The van der Waals surface area contributed by atoms with Crippen LogP contribution in [0, 0.1) is 5.92 Å². The molecule has 0 aromatic carbocycles. The Morgan fingerprint density at radius 3 is 2.22 bits per heavy atom. The maximum Gasteiger partial charge on any atom is 0.338 e. The van der Waals surface area contributed by atoms with Gasteiger partial charge in [-0.05, 0) is 33.1 Å². The van der Waals surface area contributed by atoms with Gasteiger partial charge in [0.15, 0.2) is 0 Å². The molecule has 0 saturated carbocycles. The van der Waals surface area contributed by atoms with E-state index in [0.29, 0.717) is 0 Å². The molecule has 106 valence electrons. The summed E-state index contributed by atoms with van der Waals surface area (Å²) in [7, 11) is -3.25. The first-order chi connectivity index (χ1) is 8.52. The Morgan fingerprint density at radius 2 is 1.83 bits per heavy atom. The molecule has 0 bridgehead atoms. The summed E-state index contributed by atoms with van der Waals surface area (Å²) in [5, 5.41) is 0. The van der Waals surface area contributed by atoms with Crippen LogP contribution in [0.2, 0.25) is 0 Å². The fourth-order valence-corrected chi connectivity index (χ4v) is 3.44. The van der Waals surface area contributed by atoms with E-state index in [-0.39, 0.29) is 31.1 Å². The van der Waals surface area contributed by atoms with E-state index in [0.717, 1.165) is 19.3 Å². The largest absolute Gasteiger partial charge is 0.338 e. The number of hydrogen-bond acceptors (Lipinski definition) is 4. The second-order valence-corrected chi connectivity index (χ2v) is 6.10. The summed E-state index contributed by atoms with van der Waals surface area (Å²) >= 11 is 0. The van der Waals surface area contributed by atoms with Crippen LogP contribution in [0.3, 0.4) is 0 Å². The molecule has 0 aromatic rings. The number of Topliss-reactive ketones (excluding diaryl/α,β-unsaturated/α-hetero) is 1. The minimum absolute atomic E-state index is 0.0374. The van der Waals surface area contributed by atoms with Gasteiger partial charge in [-0.2, -0.15) is 0 Å². The fraction of sp³-hybridized carbons (Fsp3) is 0.769. The van der Waals surface area contributed by atoms with Gasteiger partial charge in [-0.25, -0.2) is 0 Å². The number of rotatable bonds is 11. The highest BCUT2D eigenvalue weighted by atomic mass is 31.2. The molecule has 0 radical (unpaired) electrons. The highest BCUT2D eigenvalue weighted by Crippen LogP contribution is 2.48. The van der Waals surface area contributed by atoms with Crippen LogP contribution in [0.5, 0.6) is 0 Å². The molecule has 0 saturated heterocycles. The lowest BCUT2D eigenvalue weighted by atomic mass is 9.96. The zero-order valence-corrected chi connectivity index (χ0v) is 12.6. The van der Waals surface area contributed by atoms with Gasteiger partial charge in [-0.15, -0.1) is 6.58 Å². The summed E-state index contributed by atoms with van der Waals surface area (Å²) in [5.41, 5.74) is 0. The summed E-state index contributed by atoms with van der Waals surface area (Å²) in [6.45, 7) is 9.65. The third-order valence-electron chi connectivity index (χ3n) is 2.67. The van der Waals surface area contributed by atoms with Crippen LogP contribution >= 0.6 is 7.60 Å². The predicted molar refractivity (Wildman–Crippen MR) is 73.9 cm³/mol. The van der Waals surface area contributed by atoms with Crippen molar-refractivity contribution < 1.29 is 18.4 Å². The van der Waals surface area contributed by atoms with Gasteiger partial charge in [0.2, 0.25) is 0 Å². The minimum atomic E-state index is -3.25. The molecule has 18 heavy (non-hydrogen) atoms. The Hall–Kier alpha value is -0.440. The van der Waals surface area contributed by atoms with Crippen LogP contribution in [-0.2, 0) is 18.4 Å². The molecule has 0 N–H and O–H groups in total. The zero-order valence-electron chi connectivity index (χ0n) is 11.7. The molecule has 0 amide bonds. The van der Waals surface area contributed by atoms with Crippen molar-refractivity contribution in [3.05, 3.63) is 12.7 Å². The average Bonchev–Trinajstić information content (AvgIpc) is 2.30. The predicted octanol–water partition coefficient (Wildman–Crippen LogP) is 3.81. The Kier molecular flexibility index (Phi) is 9.25. The number of ketones is 1. The second kappa shape index (κ2) is 9.48. The molecule has 0 aliphatic carbocycles. The van der Waals surface area contributed by atoms with Crippen molar-refractivity contribution in [3.8, 4) is 0 Å². The topological polar surface area (TPSA) is 52.6 Å². The van der Waals surface area contributed by atoms with E-state index < -0.39 is 7.60 Å². The van der Waals surface area contributed by atoms with Gasteiger partial charge in [0.05, 0.1) is 13.2 Å². The Morgan fingerprint density at radius 1 is 1.28 bits per heavy atom. The number of carbonyl (C=O) groups excluding carboxylic acids is 1. The van der Waals surface area contributed by atoms with Gasteiger partial charge < -0.3 is 9.05 Å². The van der Waals surface area contributed by atoms with Crippen molar-refractivity contribution >= 4 is 13.4 Å². The highest BCUT2D eigenvalue weighted by molar-refractivity contribution is 7.54. The molecule has 0 aliphatic rings. The van der Waals surface area contributed by atoms with Gasteiger partial charge in [0.25, 0.3) is 0 Å². The maximum absolute atomic E-state index is 12.2. The SMILES string of the molecule is C=CCCC(CC)C(=O)CP(=O)(OCC)OCC. The lowest BCUT2D eigenvalue weighted by molar-refractivity contribution is -0.120. The van der Waals surface area contributed by atoms with Crippen LogP contribution < -0.4 is 0 Å². The normalized spacial score (nSPS) is 13.3. The molecule has 0 heterocycles. The van der Waals surface area contributed by atoms with E-state index in [2.05, 4.69) is 6.58 Å². The van der Waals surface area contributed by atoms with E-state index in [4.69, 9.17) is 9.05 Å². The van der Waals surface area contributed by atoms with Crippen LogP contribution in [0.1, 0.15) is 40.0 Å². The van der Waals surface area contributed by atoms with Crippen molar-refractivity contribution in [2.45, 2.75) is 40.0 Å². The zero-order chi connectivity index (χ0) is 14.0. The number of hydrogen-bond donors (Lipinski definition) is 0. The summed E-state index contributed by atoms with van der Waals surface area (Å²) in [6, 6.07) is 0. The highest BCUT2D eigenvalue weighted by Gasteiger charge is 2.30. The molecule has 1 atom stereocenters. The average molecular weight is 276 g/mol.